The van der Waals surface area contributed by atoms with Gasteiger partial charge in [-0.05, 0) is 0 Å². The van der Waals surface area contributed by atoms with Crippen molar-refractivity contribution in [3.8, 4) is 0 Å². The lowest BCUT2D eigenvalue weighted by Crippen LogP contribution is -2.17. The summed E-state index contributed by atoms with van der Waals surface area (Å²) in [5, 5.41) is 8.34. The molecule has 0 radical (unpaired) electrons. The first-order valence-corrected chi connectivity index (χ1v) is 4.39. The summed E-state index contributed by atoms with van der Waals surface area (Å²) in [7, 11) is 0. The first-order chi connectivity index (χ1) is 8.14. The summed E-state index contributed by atoms with van der Waals surface area (Å²) < 4.78 is 75.2. The third kappa shape index (κ3) is 2.90. The van der Waals surface area contributed by atoms with Crippen molar-refractivity contribution >= 4 is 5.97 Å². The summed E-state index contributed by atoms with van der Waals surface area (Å²) in [5.41, 5.74) is -4.88. The number of aromatic nitrogens is 1. The number of alkyl halides is 5. The molecule has 3 nitrogen and oxygen atoms in total. The van der Waals surface area contributed by atoms with Gasteiger partial charge in [-0.15, -0.1) is 0 Å². The number of pyridine rings is 1. The Morgan fingerprint density at radius 2 is 1.94 bits per heavy atom. The number of hydrogen-bond acceptors (Lipinski definition) is 2. The van der Waals surface area contributed by atoms with Crippen LogP contribution in [0, 0.1) is 5.82 Å². The maximum Gasteiger partial charge on any atom is 0.421 e. The predicted octanol–water partition coefficient (Wildman–Crippen LogP) is 2.80. The fourth-order valence-electron chi connectivity index (χ4n) is 1.26. The van der Waals surface area contributed by atoms with Crippen LogP contribution in [0.2, 0.25) is 0 Å². The zero-order valence-electron chi connectivity index (χ0n) is 8.43. The van der Waals surface area contributed by atoms with Gasteiger partial charge in [0.1, 0.15) is 17.1 Å². The van der Waals surface area contributed by atoms with Crippen molar-refractivity contribution in [2.24, 2.45) is 0 Å². The molecule has 0 fully saturated rings. The Labute approximate surface area is 96.1 Å². The van der Waals surface area contributed by atoms with Gasteiger partial charge in [-0.25, -0.2) is 13.2 Å². The van der Waals surface area contributed by atoms with E-state index in [1.54, 1.807) is 0 Å². The third-order valence-corrected chi connectivity index (χ3v) is 1.95. The molecule has 0 spiro atoms. The fourth-order valence-corrected chi connectivity index (χ4v) is 1.26. The van der Waals surface area contributed by atoms with E-state index >= 15 is 0 Å². The van der Waals surface area contributed by atoms with Crippen LogP contribution in [0.25, 0.3) is 0 Å². The number of hydrogen-bond donors (Lipinski definition) is 1. The molecule has 0 aromatic carbocycles. The summed E-state index contributed by atoms with van der Waals surface area (Å²) in [6.07, 6.45) is -9.71. The second-order valence-corrected chi connectivity index (χ2v) is 3.23. The van der Waals surface area contributed by atoms with Crippen LogP contribution in [0.1, 0.15) is 23.2 Å². The Hall–Kier alpha value is -1.80. The van der Waals surface area contributed by atoms with Crippen LogP contribution in [0.4, 0.5) is 26.3 Å². The van der Waals surface area contributed by atoms with Gasteiger partial charge in [0.2, 0.25) is 0 Å². The van der Waals surface area contributed by atoms with Gasteiger partial charge in [-0.1, -0.05) is 0 Å². The van der Waals surface area contributed by atoms with Crippen molar-refractivity contribution in [1.82, 2.24) is 4.98 Å². The Balaban J connectivity index is 3.45. The monoisotopic (exact) mass is 273 g/mol. The van der Waals surface area contributed by atoms with Gasteiger partial charge in [-0.3, -0.25) is 9.78 Å². The van der Waals surface area contributed by atoms with Crippen molar-refractivity contribution in [2.75, 3.05) is 0 Å². The fraction of sp³-hybridized carbons (Fsp3) is 0.333. The summed E-state index contributed by atoms with van der Waals surface area (Å²) in [6, 6.07) is 0. The summed E-state index contributed by atoms with van der Waals surface area (Å²) in [6.45, 7) is 0. The molecule has 0 unspecified atom stereocenters. The molecule has 0 amide bonds. The third-order valence-electron chi connectivity index (χ3n) is 1.95. The maximum absolute atomic E-state index is 13.4. The van der Waals surface area contributed by atoms with Crippen LogP contribution < -0.4 is 0 Å². The molecular weight excluding hydrogens is 268 g/mol. The highest BCUT2D eigenvalue weighted by Gasteiger charge is 2.41. The number of nitrogens with zero attached hydrogens (tertiary/aromatic N) is 1. The van der Waals surface area contributed by atoms with Gasteiger partial charge in [0.05, 0.1) is 6.42 Å². The molecule has 0 aliphatic heterocycles. The van der Waals surface area contributed by atoms with Crippen molar-refractivity contribution in [3.05, 3.63) is 28.8 Å². The Kier molecular flexibility index (Phi) is 3.82. The Morgan fingerprint density at radius 1 is 1.39 bits per heavy atom. The van der Waals surface area contributed by atoms with Crippen LogP contribution in [-0.2, 0) is 17.4 Å². The molecule has 100 valence electrons. The smallest absolute Gasteiger partial charge is 0.421 e. The van der Waals surface area contributed by atoms with Crippen molar-refractivity contribution in [3.63, 3.8) is 0 Å². The van der Waals surface area contributed by atoms with Gasteiger partial charge in [0, 0.05) is 11.8 Å². The topological polar surface area (TPSA) is 50.2 Å². The molecule has 0 aliphatic rings. The lowest BCUT2D eigenvalue weighted by molar-refractivity contribution is -0.143. The normalized spacial score (nSPS) is 11.9. The average molecular weight is 273 g/mol. The Morgan fingerprint density at radius 3 is 2.33 bits per heavy atom. The SMILES string of the molecule is O=C(O)Cc1cnc(C(F)F)c(C(F)(F)F)c1F. The van der Waals surface area contributed by atoms with E-state index in [4.69, 9.17) is 5.11 Å². The van der Waals surface area contributed by atoms with Crippen molar-refractivity contribution < 1.29 is 36.2 Å². The Bertz CT molecular complexity index is 471. The van der Waals surface area contributed by atoms with E-state index in [1.807, 2.05) is 0 Å². The number of carbonyl (C=O) groups is 1. The zero-order chi connectivity index (χ0) is 14.1. The van der Waals surface area contributed by atoms with E-state index in [0.717, 1.165) is 0 Å². The molecule has 0 aliphatic carbocycles. The van der Waals surface area contributed by atoms with E-state index in [1.165, 1.54) is 0 Å². The maximum atomic E-state index is 13.4. The molecule has 0 saturated heterocycles. The summed E-state index contributed by atoms with van der Waals surface area (Å²) in [4.78, 5) is 13.1. The molecule has 18 heavy (non-hydrogen) atoms. The number of aliphatic carboxylic acids is 1. The van der Waals surface area contributed by atoms with E-state index in [-0.39, 0.29) is 0 Å². The van der Waals surface area contributed by atoms with E-state index in [9.17, 15) is 31.1 Å². The van der Waals surface area contributed by atoms with Crippen LogP contribution >= 0.6 is 0 Å². The lowest BCUT2D eigenvalue weighted by Gasteiger charge is -2.14. The molecule has 0 saturated carbocycles. The summed E-state index contributed by atoms with van der Waals surface area (Å²) in [5.74, 6) is -3.64. The first kappa shape index (κ1) is 14.3. The minimum atomic E-state index is -5.38. The highest BCUT2D eigenvalue weighted by atomic mass is 19.4. The molecule has 1 heterocycles. The molecule has 1 rings (SSSR count). The lowest BCUT2D eigenvalue weighted by atomic mass is 10.1. The van der Waals surface area contributed by atoms with Crippen LogP contribution in [0.3, 0.4) is 0 Å². The highest BCUT2D eigenvalue weighted by Crippen LogP contribution is 2.37. The minimum Gasteiger partial charge on any atom is -0.481 e. The molecular formula is C9H5F6NO2. The molecule has 0 atom stereocenters. The van der Waals surface area contributed by atoms with Crippen molar-refractivity contribution in [2.45, 2.75) is 19.0 Å². The summed E-state index contributed by atoms with van der Waals surface area (Å²) >= 11 is 0. The number of rotatable bonds is 3. The van der Waals surface area contributed by atoms with Gasteiger partial charge >= 0.3 is 12.1 Å². The highest BCUT2D eigenvalue weighted by molar-refractivity contribution is 5.70. The molecule has 1 aromatic rings. The predicted molar refractivity (Wildman–Crippen MR) is 45.5 cm³/mol. The quantitative estimate of drug-likeness (QED) is 0.861. The van der Waals surface area contributed by atoms with E-state index < -0.39 is 47.6 Å². The first-order valence-electron chi connectivity index (χ1n) is 4.39. The standard InChI is InChI=1S/C9H5F6NO2/c10-6-3(1-4(17)18)2-16-7(8(11)12)5(6)9(13,14)15/h2,8H,1H2,(H,17,18). The van der Waals surface area contributed by atoms with Crippen LogP contribution in [-0.4, -0.2) is 16.1 Å². The molecule has 0 bridgehead atoms. The molecule has 9 heteroatoms. The number of carboxylic acid groups (broad SMARTS) is 1. The number of carboxylic acids is 1. The van der Waals surface area contributed by atoms with Gasteiger partial charge in [-0.2, -0.15) is 13.2 Å². The zero-order valence-corrected chi connectivity index (χ0v) is 8.43. The van der Waals surface area contributed by atoms with Gasteiger partial charge < -0.3 is 5.11 Å². The number of halogens is 6. The van der Waals surface area contributed by atoms with Gasteiger partial charge in [0.25, 0.3) is 6.43 Å². The average Bonchev–Trinajstić information content (AvgIpc) is 2.17. The van der Waals surface area contributed by atoms with Crippen LogP contribution in [0.5, 0.6) is 0 Å². The second-order valence-electron chi connectivity index (χ2n) is 3.23. The largest absolute Gasteiger partial charge is 0.481 e. The molecule has 1 aromatic heterocycles. The van der Waals surface area contributed by atoms with E-state index in [2.05, 4.69) is 4.98 Å². The minimum absolute atomic E-state index is 0.361. The molecule has 1 N–H and O–H groups in total. The van der Waals surface area contributed by atoms with Crippen LogP contribution in [0.15, 0.2) is 6.20 Å². The van der Waals surface area contributed by atoms with Gasteiger partial charge in [0.15, 0.2) is 0 Å². The van der Waals surface area contributed by atoms with Crippen molar-refractivity contribution in [1.29, 1.82) is 0 Å². The van der Waals surface area contributed by atoms with E-state index in [0.29, 0.717) is 6.20 Å². The second kappa shape index (κ2) is 4.83.